The van der Waals surface area contributed by atoms with Crippen molar-refractivity contribution in [2.45, 2.75) is 20.3 Å². The van der Waals surface area contributed by atoms with Crippen molar-refractivity contribution in [1.82, 2.24) is 0 Å². The number of hydrogen-bond donors (Lipinski definition) is 1. The predicted molar refractivity (Wildman–Crippen MR) is 57.7 cm³/mol. The summed E-state index contributed by atoms with van der Waals surface area (Å²) >= 11 is 0. The first-order valence-corrected chi connectivity index (χ1v) is 4.94. The summed E-state index contributed by atoms with van der Waals surface area (Å²) in [5, 5.41) is 0. The molecule has 0 unspecified atom stereocenters. The first-order chi connectivity index (χ1) is 6.61. The molecule has 0 saturated heterocycles. The molecule has 76 valence electrons. The second kappa shape index (κ2) is 4.80. The molecule has 0 aliphatic heterocycles. The number of nitrogens with two attached hydrogens (primary N) is 1. The summed E-state index contributed by atoms with van der Waals surface area (Å²) in [6.07, 6.45) is 0.744. The van der Waals surface area contributed by atoms with Crippen LogP contribution in [0.1, 0.15) is 19.4 Å². The number of primary amides is 1. The van der Waals surface area contributed by atoms with Gasteiger partial charge in [0.1, 0.15) is 0 Å². The minimum absolute atomic E-state index is 0.0580. The lowest BCUT2D eigenvalue weighted by Gasteiger charge is -2.16. The summed E-state index contributed by atoms with van der Waals surface area (Å²) in [6, 6.07) is 9.98. The highest BCUT2D eigenvalue weighted by molar-refractivity contribution is 5.77. The minimum atomic E-state index is -0.205. The third-order valence-corrected chi connectivity index (χ3v) is 2.47. The molecule has 14 heavy (non-hydrogen) atoms. The van der Waals surface area contributed by atoms with Gasteiger partial charge in [0.15, 0.2) is 0 Å². The van der Waals surface area contributed by atoms with Crippen molar-refractivity contribution < 1.29 is 4.79 Å². The van der Waals surface area contributed by atoms with Crippen LogP contribution in [0.15, 0.2) is 30.3 Å². The zero-order valence-corrected chi connectivity index (χ0v) is 8.73. The first kappa shape index (κ1) is 10.8. The second-order valence-electron chi connectivity index (χ2n) is 3.94. The molecular formula is C12H17NO. The molecule has 0 saturated carbocycles. The van der Waals surface area contributed by atoms with E-state index in [0.717, 1.165) is 6.42 Å². The SMILES string of the molecule is CC(C)[C@H](Cc1ccccc1)C(N)=O. The largest absolute Gasteiger partial charge is 0.369 e. The molecule has 1 rings (SSSR count). The number of carbonyl (C=O) groups excluding carboxylic acids is 1. The Hall–Kier alpha value is -1.31. The van der Waals surface area contributed by atoms with Gasteiger partial charge in [-0.05, 0) is 17.9 Å². The number of carbonyl (C=O) groups is 1. The van der Waals surface area contributed by atoms with Gasteiger partial charge in [-0.3, -0.25) is 4.79 Å². The molecule has 1 amide bonds. The first-order valence-electron chi connectivity index (χ1n) is 4.94. The van der Waals surface area contributed by atoms with Crippen molar-refractivity contribution in [1.29, 1.82) is 0 Å². The summed E-state index contributed by atoms with van der Waals surface area (Å²) in [7, 11) is 0. The molecule has 0 bridgehead atoms. The summed E-state index contributed by atoms with van der Waals surface area (Å²) in [4.78, 5) is 11.2. The quantitative estimate of drug-likeness (QED) is 0.777. The Bertz CT molecular complexity index is 292. The fraction of sp³-hybridized carbons (Fsp3) is 0.417. The Labute approximate surface area is 85.1 Å². The molecular weight excluding hydrogens is 174 g/mol. The van der Waals surface area contributed by atoms with Crippen LogP contribution in [0.2, 0.25) is 0 Å². The van der Waals surface area contributed by atoms with Crippen LogP contribution in [-0.4, -0.2) is 5.91 Å². The third kappa shape index (κ3) is 2.87. The summed E-state index contributed by atoms with van der Waals surface area (Å²) in [5.74, 6) is 0.0361. The monoisotopic (exact) mass is 191 g/mol. The van der Waals surface area contributed by atoms with Crippen molar-refractivity contribution in [2.24, 2.45) is 17.6 Å². The van der Waals surface area contributed by atoms with Crippen molar-refractivity contribution in [2.75, 3.05) is 0 Å². The molecule has 2 heteroatoms. The van der Waals surface area contributed by atoms with E-state index in [1.54, 1.807) is 0 Å². The van der Waals surface area contributed by atoms with Crippen LogP contribution in [0.3, 0.4) is 0 Å². The highest BCUT2D eigenvalue weighted by Gasteiger charge is 2.19. The second-order valence-corrected chi connectivity index (χ2v) is 3.94. The van der Waals surface area contributed by atoms with E-state index in [0.29, 0.717) is 5.92 Å². The van der Waals surface area contributed by atoms with Crippen LogP contribution in [0.4, 0.5) is 0 Å². The van der Waals surface area contributed by atoms with Crippen molar-refractivity contribution in [3.8, 4) is 0 Å². The van der Waals surface area contributed by atoms with Crippen LogP contribution < -0.4 is 5.73 Å². The third-order valence-electron chi connectivity index (χ3n) is 2.47. The van der Waals surface area contributed by atoms with Gasteiger partial charge in [0.2, 0.25) is 5.91 Å². The van der Waals surface area contributed by atoms with E-state index in [1.807, 2.05) is 44.2 Å². The minimum Gasteiger partial charge on any atom is -0.369 e. The van der Waals surface area contributed by atoms with Gasteiger partial charge in [-0.15, -0.1) is 0 Å². The standard InChI is InChI=1S/C12H17NO/c1-9(2)11(12(13)14)8-10-6-4-3-5-7-10/h3-7,9,11H,8H2,1-2H3,(H2,13,14)/t11-/m0/s1. The van der Waals surface area contributed by atoms with Gasteiger partial charge in [-0.1, -0.05) is 44.2 Å². The average Bonchev–Trinajstić information content (AvgIpc) is 2.15. The Kier molecular flexibility index (Phi) is 3.69. The van der Waals surface area contributed by atoms with E-state index in [9.17, 15) is 4.79 Å². The highest BCUT2D eigenvalue weighted by Crippen LogP contribution is 2.16. The van der Waals surface area contributed by atoms with Gasteiger partial charge in [-0.2, -0.15) is 0 Å². The number of rotatable bonds is 4. The molecule has 2 nitrogen and oxygen atoms in total. The van der Waals surface area contributed by atoms with E-state index in [4.69, 9.17) is 5.73 Å². The van der Waals surface area contributed by atoms with Crippen LogP contribution in [0, 0.1) is 11.8 Å². The van der Waals surface area contributed by atoms with E-state index >= 15 is 0 Å². The lowest BCUT2D eigenvalue weighted by atomic mass is 9.89. The molecule has 2 N–H and O–H groups in total. The Morgan fingerprint density at radius 1 is 1.29 bits per heavy atom. The van der Waals surface area contributed by atoms with E-state index in [1.165, 1.54) is 5.56 Å². The van der Waals surface area contributed by atoms with Gasteiger partial charge in [-0.25, -0.2) is 0 Å². The van der Waals surface area contributed by atoms with Crippen LogP contribution >= 0.6 is 0 Å². The Balaban J connectivity index is 2.70. The maximum atomic E-state index is 11.2. The zero-order chi connectivity index (χ0) is 10.6. The normalized spacial score (nSPS) is 12.8. The maximum absolute atomic E-state index is 11.2. The topological polar surface area (TPSA) is 43.1 Å². The zero-order valence-electron chi connectivity index (χ0n) is 8.73. The molecule has 0 aliphatic rings. The molecule has 0 spiro atoms. The average molecular weight is 191 g/mol. The van der Waals surface area contributed by atoms with E-state index in [2.05, 4.69) is 0 Å². The molecule has 1 aromatic carbocycles. The van der Waals surface area contributed by atoms with Crippen molar-refractivity contribution in [3.05, 3.63) is 35.9 Å². The van der Waals surface area contributed by atoms with Crippen LogP contribution in [0.25, 0.3) is 0 Å². The van der Waals surface area contributed by atoms with Crippen molar-refractivity contribution in [3.63, 3.8) is 0 Å². The number of amides is 1. The summed E-state index contributed by atoms with van der Waals surface area (Å²) < 4.78 is 0. The maximum Gasteiger partial charge on any atom is 0.221 e. The molecule has 0 aliphatic carbocycles. The van der Waals surface area contributed by atoms with Gasteiger partial charge >= 0.3 is 0 Å². The van der Waals surface area contributed by atoms with Gasteiger partial charge in [0.05, 0.1) is 0 Å². The molecule has 1 aromatic rings. The molecule has 0 heterocycles. The molecule has 0 radical (unpaired) electrons. The smallest absolute Gasteiger partial charge is 0.221 e. The number of hydrogen-bond acceptors (Lipinski definition) is 1. The van der Waals surface area contributed by atoms with E-state index < -0.39 is 0 Å². The lowest BCUT2D eigenvalue weighted by Crippen LogP contribution is -2.29. The predicted octanol–water partition coefficient (Wildman–Crippen LogP) is 1.99. The fourth-order valence-corrected chi connectivity index (χ4v) is 1.53. The van der Waals surface area contributed by atoms with Crippen molar-refractivity contribution >= 4 is 5.91 Å². The van der Waals surface area contributed by atoms with Crippen LogP contribution in [-0.2, 0) is 11.2 Å². The van der Waals surface area contributed by atoms with E-state index in [-0.39, 0.29) is 11.8 Å². The van der Waals surface area contributed by atoms with Gasteiger partial charge in [0, 0.05) is 5.92 Å². The Morgan fingerprint density at radius 3 is 2.29 bits per heavy atom. The Morgan fingerprint density at radius 2 is 1.86 bits per heavy atom. The summed E-state index contributed by atoms with van der Waals surface area (Å²) in [5.41, 5.74) is 6.52. The number of benzene rings is 1. The van der Waals surface area contributed by atoms with Gasteiger partial charge < -0.3 is 5.73 Å². The van der Waals surface area contributed by atoms with Gasteiger partial charge in [0.25, 0.3) is 0 Å². The molecule has 0 aromatic heterocycles. The highest BCUT2D eigenvalue weighted by atomic mass is 16.1. The van der Waals surface area contributed by atoms with Crippen LogP contribution in [0.5, 0.6) is 0 Å². The summed E-state index contributed by atoms with van der Waals surface area (Å²) in [6.45, 7) is 4.05. The fourth-order valence-electron chi connectivity index (χ4n) is 1.53. The molecule has 0 fully saturated rings. The molecule has 1 atom stereocenters. The lowest BCUT2D eigenvalue weighted by molar-refractivity contribution is -0.123.